The maximum Gasteiger partial charge on any atom is 0.310 e. The van der Waals surface area contributed by atoms with Crippen LogP contribution in [-0.4, -0.2) is 17.5 Å². The summed E-state index contributed by atoms with van der Waals surface area (Å²) < 4.78 is 4.71. The highest BCUT2D eigenvalue weighted by atomic mass is 35.5. The van der Waals surface area contributed by atoms with Crippen LogP contribution >= 0.6 is 11.6 Å². The number of benzene rings is 1. The molecule has 1 aromatic carbocycles. The highest BCUT2D eigenvalue weighted by Crippen LogP contribution is 2.30. The van der Waals surface area contributed by atoms with Crippen molar-refractivity contribution >= 4 is 23.3 Å². The lowest BCUT2D eigenvalue weighted by atomic mass is 10.1. The minimum atomic E-state index is -0.651. The average molecular weight is 269 g/mol. The van der Waals surface area contributed by atoms with Crippen molar-refractivity contribution in [2.24, 2.45) is 0 Å². The predicted molar refractivity (Wildman–Crippen MR) is 63.2 cm³/mol. The van der Waals surface area contributed by atoms with E-state index < -0.39 is 10.9 Å². The molecule has 0 aromatic heterocycles. The zero-order valence-corrected chi connectivity index (χ0v) is 10.2. The topological polar surface area (TPSA) is 93.2 Å². The summed E-state index contributed by atoms with van der Waals surface area (Å²) >= 11 is 5.87. The minimum Gasteiger partial charge on any atom is -0.466 e. The van der Waals surface area contributed by atoms with E-state index in [1.807, 2.05) is 0 Å². The van der Waals surface area contributed by atoms with Gasteiger partial charge in [-0.15, -0.1) is 0 Å². The summed E-state index contributed by atoms with van der Waals surface area (Å²) in [5.41, 5.74) is -0.215. The number of nitriles is 1. The van der Waals surface area contributed by atoms with E-state index in [4.69, 9.17) is 21.6 Å². The number of carbonyl (C=O) groups excluding carboxylic acids is 1. The van der Waals surface area contributed by atoms with Crippen LogP contribution in [-0.2, 0) is 16.0 Å². The van der Waals surface area contributed by atoms with Gasteiger partial charge in [0, 0.05) is 6.07 Å². The molecule has 0 atom stereocenters. The van der Waals surface area contributed by atoms with Crippen LogP contribution in [0.25, 0.3) is 0 Å². The van der Waals surface area contributed by atoms with Crippen LogP contribution in [0.15, 0.2) is 12.1 Å². The Bertz CT molecular complexity index is 537. The number of hydrogen-bond acceptors (Lipinski definition) is 5. The number of nitrogens with zero attached hydrogens (tertiary/aromatic N) is 2. The van der Waals surface area contributed by atoms with Crippen LogP contribution in [0.2, 0.25) is 5.02 Å². The third kappa shape index (κ3) is 2.96. The molecule has 0 spiro atoms. The third-order valence-electron chi connectivity index (χ3n) is 2.16. The van der Waals surface area contributed by atoms with Crippen molar-refractivity contribution < 1.29 is 14.5 Å². The maximum atomic E-state index is 11.4. The van der Waals surface area contributed by atoms with Crippen molar-refractivity contribution in [1.29, 1.82) is 5.26 Å². The number of esters is 1. The lowest BCUT2D eigenvalue weighted by molar-refractivity contribution is -0.385. The Morgan fingerprint density at radius 1 is 1.61 bits per heavy atom. The summed E-state index contributed by atoms with van der Waals surface area (Å²) in [6, 6.07) is 4.20. The molecule has 0 heterocycles. The largest absolute Gasteiger partial charge is 0.466 e. The molecule has 7 heteroatoms. The molecular weight excluding hydrogens is 260 g/mol. The number of ether oxygens (including phenoxy) is 1. The molecule has 6 nitrogen and oxygen atoms in total. The molecule has 0 aliphatic rings. The van der Waals surface area contributed by atoms with Crippen LogP contribution in [0.5, 0.6) is 0 Å². The SMILES string of the molecule is CCOC(=O)Cc1c([N+](=O)[O-])ccc(C#N)c1Cl. The molecule has 0 saturated heterocycles. The summed E-state index contributed by atoms with van der Waals surface area (Å²) in [6.07, 6.45) is -0.335. The Hall–Kier alpha value is -2.13. The average Bonchev–Trinajstić information content (AvgIpc) is 2.31. The van der Waals surface area contributed by atoms with Crippen molar-refractivity contribution in [2.45, 2.75) is 13.3 Å². The van der Waals surface area contributed by atoms with Gasteiger partial charge in [0.15, 0.2) is 0 Å². The second kappa shape index (κ2) is 5.98. The molecule has 0 N–H and O–H groups in total. The zero-order valence-electron chi connectivity index (χ0n) is 9.47. The first-order valence-electron chi connectivity index (χ1n) is 5.02. The summed E-state index contributed by atoms with van der Waals surface area (Å²) in [4.78, 5) is 21.5. The van der Waals surface area contributed by atoms with Gasteiger partial charge in [0.2, 0.25) is 0 Å². The first-order valence-corrected chi connectivity index (χ1v) is 5.40. The van der Waals surface area contributed by atoms with Gasteiger partial charge in [0.05, 0.1) is 34.1 Å². The van der Waals surface area contributed by atoms with Crippen molar-refractivity contribution in [1.82, 2.24) is 0 Å². The van der Waals surface area contributed by atoms with E-state index in [-0.39, 0.29) is 34.9 Å². The van der Waals surface area contributed by atoms with E-state index >= 15 is 0 Å². The van der Waals surface area contributed by atoms with E-state index in [1.165, 1.54) is 6.07 Å². The van der Waals surface area contributed by atoms with Crippen LogP contribution in [0.1, 0.15) is 18.1 Å². The molecule has 0 saturated carbocycles. The molecule has 94 valence electrons. The van der Waals surface area contributed by atoms with E-state index in [0.717, 1.165) is 6.07 Å². The number of rotatable bonds is 4. The second-order valence-electron chi connectivity index (χ2n) is 3.28. The van der Waals surface area contributed by atoms with Gasteiger partial charge in [0.25, 0.3) is 5.69 Å². The fourth-order valence-electron chi connectivity index (χ4n) is 1.39. The molecule has 0 amide bonds. The Kier molecular flexibility index (Phi) is 4.63. The lowest BCUT2D eigenvalue weighted by Crippen LogP contribution is -2.10. The first kappa shape index (κ1) is 13.9. The van der Waals surface area contributed by atoms with E-state index in [9.17, 15) is 14.9 Å². The molecule has 0 aliphatic heterocycles. The molecule has 0 radical (unpaired) electrons. The van der Waals surface area contributed by atoms with E-state index in [2.05, 4.69) is 0 Å². The standard InChI is InChI=1S/C11H9ClN2O4/c1-2-18-10(15)5-8-9(14(16)17)4-3-7(6-13)11(8)12/h3-4H,2,5H2,1H3. The molecule has 0 bridgehead atoms. The summed E-state index contributed by atoms with van der Waals surface area (Å²) in [5.74, 6) is -0.627. The summed E-state index contributed by atoms with van der Waals surface area (Å²) in [7, 11) is 0. The normalized spacial score (nSPS) is 9.61. The van der Waals surface area contributed by atoms with Crippen LogP contribution in [0.3, 0.4) is 0 Å². The van der Waals surface area contributed by atoms with Crippen molar-refractivity contribution in [2.75, 3.05) is 6.61 Å². The fourth-order valence-corrected chi connectivity index (χ4v) is 1.66. The Labute approximate surface area is 108 Å². The Balaban J connectivity index is 3.25. The summed E-state index contributed by atoms with van der Waals surface area (Å²) in [6.45, 7) is 1.79. The van der Waals surface area contributed by atoms with Crippen LogP contribution in [0, 0.1) is 21.4 Å². The smallest absolute Gasteiger partial charge is 0.310 e. The van der Waals surface area contributed by atoms with Gasteiger partial charge in [-0.3, -0.25) is 14.9 Å². The lowest BCUT2D eigenvalue weighted by Gasteiger charge is -2.06. The third-order valence-corrected chi connectivity index (χ3v) is 2.59. The molecule has 0 unspecified atom stereocenters. The van der Waals surface area contributed by atoms with Crippen molar-refractivity contribution in [3.63, 3.8) is 0 Å². The highest BCUT2D eigenvalue weighted by Gasteiger charge is 2.22. The predicted octanol–water partition coefficient (Wildman–Crippen LogP) is 2.23. The van der Waals surface area contributed by atoms with Gasteiger partial charge >= 0.3 is 5.97 Å². The van der Waals surface area contributed by atoms with Gasteiger partial charge in [-0.25, -0.2) is 0 Å². The van der Waals surface area contributed by atoms with Crippen LogP contribution in [0.4, 0.5) is 5.69 Å². The number of nitro benzene ring substituents is 1. The number of nitro groups is 1. The maximum absolute atomic E-state index is 11.4. The minimum absolute atomic E-state index is 0.000772. The van der Waals surface area contributed by atoms with Gasteiger partial charge in [-0.2, -0.15) is 5.26 Å². The van der Waals surface area contributed by atoms with Gasteiger partial charge in [-0.05, 0) is 13.0 Å². The molecule has 0 aliphatic carbocycles. The molecular formula is C11H9ClN2O4. The number of halogens is 1. The highest BCUT2D eigenvalue weighted by molar-refractivity contribution is 6.33. The zero-order chi connectivity index (χ0) is 13.7. The molecule has 18 heavy (non-hydrogen) atoms. The monoisotopic (exact) mass is 268 g/mol. The van der Waals surface area contributed by atoms with Gasteiger partial charge < -0.3 is 4.74 Å². The number of carbonyl (C=O) groups is 1. The molecule has 1 rings (SSSR count). The molecule has 1 aromatic rings. The Morgan fingerprint density at radius 3 is 2.78 bits per heavy atom. The Morgan fingerprint density at radius 2 is 2.28 bits per heavy atom. The first-order chi connectivity index (χ1) is 8.51. The van der Waals surface area contributed by atoms with E-state index in [1.54, 1.807) is 13.0 Å². The van der Waals surface area contributed by atoms with Gasteiger partial charge in [0.1, 0.15) is 6.07 Å². The summed E-state index contributed by atoms with van der Waals surface area (Å²) in [5, 5.41) is 19.5. The van der Waals surface area contributed by atoms with Crippen LogP contribution < -0.4 is 0 Å². The number of hydrogen-bond donors (Lipinski definition) is 0. The van der Waals surface area contributed by atoms with E-state index in [0.29, 0.717) is 0 Å². The second-order valence-corrected chi connectivity index (χ2v) is 3.65. The quantitative estimate of drug-likeness (QED) is 0.474. The van der Waals surface area contributed by atoms with Crippen molar-refractivity contribution in [3.8, 4) is 6.07 Å². The van der Waals surface area contributed by atoms with Gasteiger partial charge in [-0.1, -0.05) is 11.6 Å². The van der Waals surface area contributed by atoms with Crippen molar-refractivity contribution in [3.05, 3.63) is 38.4 Å². The fraction of sp³-hybridized carbons (Fsp3) is 0.273. The molecule has 0 fully saturated rings.